The first-order chi connectivity index (χ1) is 14.5. The molecule has 1 saturated heterocycles. The highest BCUT2D eigenvalue weighted by Gasteiger charge is 2.39. The average Bonchev–Trinajstić information content (AvgIpc) is 3.06. The fourth-order valence-electron chi connectivity index (χ4n) is 4.46. The normalized spacial score (nSPS) is 20.5. The topological polar surface area (TPSA) is 105 Å². The maximum Gasteiger partial charge on any atom is 0.255 e. The lowest BCUT2D eigenvalue weighted by molar-refractivity contribution is -0.136. The first kappa shape index (κ1) is 18.5. The number of piperidine rings is 1. The predicted octanol–water partition coefficient (Wildman–Crippen LogP) is 1.43. The summed E-state index contributed by atoms with van der Waals surface area (Å²) in [4.78, 5) is 40.6. The summed E-state index contributed by atoms with van der Waals surface area (Å²) >= 11 is 0. The number of hydrogen-bond donors (Lipinski definition) is 2. The van der Waals surface area contributed by atoms with Crippen molar-refractivity contribution in [1.82, 2.24) is 10.2 Å². The zero-order valence-electron chi connectivity index (χ0n) is 16.4. The molecule has 3 N–H and O–H groups in total. The van der Waals surface area contributed by atoms with Gasteiger partial charge in [-0.25, -0.2) is 0 Å². The minimum atomic E-state index is -0.612. The van der Waals surface area contributed by atoms with Crippen LogP contribution in [0, 0.1) is 0 Å². The molecule has 5 rings (SSSR count). The summed E-state index contributed by atoms with van der Waals surface area (Å²) < 4.78 is 5.74. The molecule has 3 heterocycles. The Bertz CT molecular complexity index is 1070. The van der Waals surface area contributed by atoms with Crippen LogP contribution in [0.5, 0.6) is 5.75 Å². The number of nitrogens with two attached hydrogens (primary N) is 1. The van der Waals surface area contributed by atoms with Crippen LogP contribution in [-0.2, 0) is 22.7 Å². The number of carbonyl (C=O) groups excluding carboxylic acids is 3. The Hall–Kier alpha value is -3.55. The van der Waals surface area contributed by atoms with Gasteiger partial charge < -0.3 is 20.3 Å². The monoisotopic (exact) mass is 406 g/mol. The minimum absolute atomic E-state index is 0.159. The third kappa shape index (κ3) is 3.04. The van der Waals surface area contributed by atoms with Crippen LogP contribution in [0.3, 0.4) is 0 Å². The summed E-state index contributed by atoms with van der Waals surface area (Å²) in [5.41, 5.74) is 10.2. The Kier molecular flexibility index (Phi) is 4.34. The van der Waals surface area contributed by atoms with Crippen molar-refractivity contribution in [2.75, 3.05) is 23.8 Å². The number of nitrogens with zero attached hydrogens (tertiary/aromatic N) is 2. The minimum Gasteiger partial charge on any atom is -0.490 e. The molecule has 8 nitrogen and oxygen atoms in total. The van der Waals surface area contributed by atoms with Gasteiger partial charge in [-0.3, -0.25) is 19.7 Å². The average molecular weight is 406 g/mol. The smallest absolute Gasteiger partial charge is 0.255 e. The van der Waals surface area contributed by atoms with Gasteiger partial charge in [-0.1, -0.05) is 12.1 Å². The van der Waals surface area contributed by atoms with Gasteiger partial charge in [-0.05, 0) is 41.8 Å². The van der Waals surface area contributed by atoms with Crippen LogP contribution in [-0.4, -0.2) is 41.8 Å². The van der Waals surface area contributed by atoms with Crippen LogP contribution in [0.25, 0.3) is 0 Å². The second-order valence-corrected chi connectivity index (χ2v) is 7.84. The number of benzene rings is 2. The first-order valence-corrected chi connectivity index (χ1v) is 10.0. The number of anilines is 2. The van der Waals surface area contributed by atoms with Crippen molar-refractivity contribution in [3.63, 3.8) is 0 Å². The van der Waals surface area contributed by atoms with Gasteiger partial charge in [0.15, 0.2) is 0 Å². The number of fused-ring (bicyclic) bond motifs is 2. The molecule has 30 heavy (non-hydrogen) atoms. The van der Waals surface area contributed by atoms with E-state index >= 15 is 0 Å². The maximum atomic E-state index is 13.0. The van der Waals surface area contributed by atoms with Gasteiger partial charge in [0.1, 0.15) is 18.4 Å². The van der Waals surface area contributed by atoms with Gasteiger partial charge in [0.05, 0.1) is 12.2 Å². The Morgan fingerprint density at radius 3 is 2.87 bits per heavy atom. The number of rotatable bonds is 3. The van der Waals surface area contributed by atoms with Crippen molar-refractivity contribution in [3.05, 3.63) is 53.1 Å². The zero-order valence-corrected chi connectivity index (χ0v) is 16.4. The van der Waals surface area contributed by atoms with Gasteiger partial charge in [-0.15, -0.1) is 0 Å². The molecule has 0 saturated carbocycles. The van der Waals surface area contributed by atoms with E-state index in [0.717, 1.165) is 22.6 Å². The van der Waals surface area contributed by atoms with E-state index in [-0.39, 0.29) is 18.2 Å². The SMILES string of the molecule is Nc1ccc2c(c1)N(Cc1cccc3c1CN(C1CCC(=O)NC1=O)C3=O)CCO2. The molecule has 3 aliphatic rings. The van der Waals surface area contributed by atoms with Crippen LogP contribution in [0.1, 0.15) is 34.3 Å². The first-order valence-electron chi connectivity index (χ1n) is 10.0. The van der Waals surface area contributed by atoms with Gasteiger partial charge in [-0.2, -0.15) is 0 Å². The summed E-state index contributed by atoms with van der Waals surface area (Å²) in [5.74, 6) is -0.0462. The molecule has 0 aromatic heterocycles. The van der Waals surface area contributed by atoms with E-state index in [0.29, 0.717) is 43.9 Å². The number of nitrogen functional groups attached to an aromatic ring is 1. The molecule has 0 radical (unpaired) electrons. The highest BCUT2D eigenvalue weighted by molar-refractivity contribution is 6.05. The van der Waals surface area contributed by atoms with E-state index < -0.39 is 11.9 Å². The van der Waals surface area contributed by atoms with Crippen molar-refractivity contribution < 1.29 is 19.1 Å². The zero-order chi connectivity index (χ0) is 20.8. The highest BCUT2D eigenvalue weighted by Crippen LogP contribution is 2.36. The van der Waals surface area contributed by atoms with Crippen LogP contribution in [0.4, 0.5) is 11.4 Å². The Balaban J connectivity index is 1.43. The molecular weight excluding hydrogens is 384 g/mol. The summed E-state index contributed by atoms with van der Waals surface area (Å²) in [5, 5.41) is 2.34. The molecule has 2 aromatic rings. The molecule has 2 aromatic carbocycles. The number of ether oxygens (including phenoxy) is 1. The number of hydrogen-bond acceptors (Lipinski definition) is 6. The van der Waals surface area contributed by atoms with Crippen molar-refractivity contribution in [2.45, 2.75) is 32.0 Å². The van der Waals surface area contributed by atoms with E-state index in [2.05, 4.69) is 10.2 Å². The van der Waals surface area contributed by atoms with Crippen molar-refractivity contribution in [1.29, 1.82) is 0 Å². The fraction of sp³-hybridized carbons (Fsp3) is 0.318. The third-order valence-corrected chi connectivity index (χ3v) is 5.98. The summed E-state index contributed by atoms with van der Waals surface area (Å²) in [6, 6.07) is 10.7. The molecular formula is C22H22N4O4. The lowest BCUT2D eigenvalue weighted by atomic mass is 10.0. The Morgan fingerprint density at radius 2 is 2.03 bits per heavy atom. The maximum absolute atomic E-state index is 13.0. The van der Waals surface area contributed by atoms with Gasteiger partial charge in [0.25, 0.3) is 5.91 Å². The van der Waals surface area contributed by atoms with E-state index in [1.807, 2.05) is 30.3 Å². The molecule has 1 fully saturated rings. The van der Waals surface area contributed by atoms with Crippen LogP contribution in [0.2, 0.25) is 0 Å². The molecule has 1 atom stereocenters. The van der Waals surface area contributed by atoms with E-state index in [1.165, 1.54) is 0 Å². The Labute approximate surface area is 173 Å². The summed E-state index contributed by atoms with van der Waals surface area (Å²) in [6.45, 7) is 2.27. The largest absolute Gasteiger partial charge is 0.490 e. The molecule has 3 aliphatic heterocycles. The standard InChI is InChI=1S/C22H22N4O4/c23-14-4-6-19-18(10-14)25(8-9-30-19)11-13-2-1-3-15-16(13)12-26(22(15)29)17-5-7-20(27)24-21(17)28/h1-4,6,10,17H,5,7-9,11-12,23H2,(H,24,27,28). The van der Waals surface area contributed by atoms with Crippen molar-refractivity contribution >= 4 is 29.1 Å². The van der Waals surface area contributed by atoms with Crippen molar-refractivity contribution in [2.24, 2.45) is 0 Å². The number of amides is 3. The number of imide groups is 1. The second-order valence-electron chi connectivity index (χ2n) is 7.84. The lowest BCUT2D eigenvalue weighted by Gasteiger charge is -2.32. The van der Waals surface area contributed by atoms with Gasteiger partial charge in [0, 0.05) is 30.8 Å². The summed E-state index contributed by atoms with van der Waals surface area (Å²) in [7, 11) is 0. The van der Waals surface area contributed by atoms with Gasteiger partial charge in [0.2, 0.25) is 11.8 Å². The van der Waals surface area contributed by atoms with E-state index in [1.54, 1.807) is 11.0 Å². The summed E-state index contributed by atoms with van der Waals surface area (Å²) in [6.07, 6.45) is 0.602. The van der Waals surface area contributed by atoms with E-state index in [4.69, 9.17) is 10.5 Å². The van der Waals surface area contributed by atoms with Gasteiger partial charge >= 0.3 is 0 Å². The molecule has 0 aliphatic carbocycles. The molecule has 0 spiro atoms. The van der Waals surface area contributed by atoms with E-state index in [9.17, 15) is 14.4 Å². The van der Waals surface area contributed by atoms with Crippen LogP contribution in [0.15, 0.2) is 36.4 Å². The molecule has 3 amide bonds. The fourth-order valence-corrected chi connectivity index (χ4v) is 4.46. The number of nitrogens with one attached hydrogen (secondary N) is 1. The number of carbonyl (C=O) groups is 3. The molecule has 0 bridgehead atoms. The molecule has 154 valence electrons. The molecule has 8 heteroatoms. The third-order valence-electron chi connectivity index (χ3n) is 5.98. The lowest BCUT2D eigenvalue weighted by Crippen LogP contribution is -2.52. The molecule has 1 unspecified atom stereocenters. The second kappa shape index (κ2) is 7.05. The van der Waals surface area contributed by atoms with Crippen molar-refractivity contribution in [3.8, 4) is 5.75 Å². The predicted molar refractivity (Wildman–Crippen MR) is 110 cm³/mol. The van der Waals surface area contributed by atoms with Crippen LogP contribution >= 0.6 is 0 Å². The van der Waals surface area contributed by atoms with Crippen LogP contribution < -0.4 is 20.7 Å². The highest BCUT2D eigenvalue weighted by atomic mass is 16.5. The quantitative estimate of drug-likeness (QED) is 0.590. The Morgan fingerprint density at radius 1 is 1.17 bits per heavy atom.